The number of pyridine rings is 2. The molecule has 0 aromatic carbocycles. The quantitative estimate of drug-likeness (QED) is 0.402. The van der Waals surface area contributed by atoms with Crippen molar-refractivity contribution >= 4 is 34.0 Å². The minimum absolute atomic E-state index is 0.825. The molecule has 0 amide bonds. The third kappa shape index (κ3) is 7.38. The van der Waals surface area contributed by atoms with E-state index < -0.39 is 0 Å². The maximum absolute atomic E-state index is 4.38. The van der Waals surface area contributed by atoms with Crippen molar-refractivity contribution in [3.05, 3.63) is 60.2 Å². The first-order chi connectivity index (χ1) is 10.9. The molecule has 22 heavy (non-hydrogen) atoms. The van der Waals surface area contributed by atoms with Crippen LogP contribution in [0, 0.1) is 0 Å². The number of aromatic nitrogens is 2. The van der Waals surface area contributed by atoms with Crippen molar-refractivity contribution in [2.45, 2.75) is 0 Å². The van der Waals surface area contributed by atoms with Gasteiger partial charge < -0.3 is 0 Å². The highest BCUT2D eigenvalue weighted by Gasteiger charge is 1.90. The summed E-state index contributed by atoms with van der Waals surface area (Å²) in [6, 6.07) is 7.83. The molecule has 2 aromatic rings. The van der Waals surface area contributed by atoms with Gasteiger partial charge in [0, 0.05) is 72.9 Å². The summed E-state index contributed by atoms with van der Waals surface area (Å²) in [7, 11) is 3.67. The standard InChI is InChI=1S/C16H18N4S2/c1-3-15(11-17-5-1)13-19-7-9-21-22-10-8-20-14-16-4-2-6-18-12-16/h1-6,11-14H,7-10H2. The Morgan fingerprint density at radius 3 is 1.73 bits per heavy atom. The normalized spacial score (nSPS) is 11.5. The van der Waals surface area contributed by atoms with Crippen LogP contribution in [0.1, 0.15) is 11.1 Å². The van der Waals surface area contributed by atoms with Crippen LogP contribution in [-0.4, -0.2) is 47.0 Å². The van der Waals surface area contributed by atoms with Crippen molar-refractivity contribution in [2.24, 2.45) is 9.98 Å². The SMILES string of the molecule is C(=NCCSSCCN=Cc1cccnc1)c1cccnc1. The van der Waals surface area contributed by atoms with Crippen LogP contribution in [-0.2, 0) is 0 Å². The van der Waals surface area contributed by atoms with Crippen LogP contribution < -0.4 is 0 Å². The predicted molar refractivity (Wildman–Crippen MR) is 98.3 cm³/mol. The maximum atomic E-state index is 4.38. The fourth-order valence-electron chi connectivity index (χ4n) is 1.54. The highest BCUT2D eigenvalue weighted by atomic mass is 33.1. The molecule has 0 saturated carbocycles. The molecule has 0 fully saturated rings. The van der Waals surface area contributed by atoms with Crippen LogP contribution in [0.3, 0.4) is 0 Å². The lowest BCUT2D eigenvalue weighted by Crippen LogP contribution is -1.89. The van der Waals surface area contributed by atoms with Gasteiger partial charge in [-0.2, -0.15) is 0 Å². The molecule has 0 saturated heterocycles. The molecule has 114 valence electrons. The number of aliphatic imine (C=N–C) groups is 2. The molecule has 2 heterocycles. The lowest BCUT2D eigenvalue weighted by molar-refractivity contribution is 1.15. The first kappa shape index (κ1) is 16.7. The topological polar surface area (TPSA) is 50.5 Å². The molecular formula is C16H18N4S2. The van der Waals surface area contributed by atoms with Gasteiger partial charge >= 0.3 is 0 Å². The van der Waals surface area contributed by atoms with Crippen molar-refractivity contribution in [3.8, 4) is 0 Å². The fourth-order valence-corrected chi connectivity index (χ4v) is 3.29. The molecular weight excluding hydrogens is 312 g/mol. The zero-order valence-corrected chi connectivity index (χ0v) is 13.8. The highest BCUT2D eigenvalue weighted by molar-refractivity contribution is 8.76. The van der Waals surface area contributed by atoms with E-state index in [1.807, 2.05) is 70.7 Å². The Balaban J connectivity index is 1.48. The molecule has 0 aliphatic carbocycles. The molecule has 0 aliphatic rings. The molecule has 6 heteroatoms. The number of rotatable bonds is 9. The summed E-state index contributed by atoms with van der Waals surface area (Å²) in [6.45, 7) is 1.65. The second kappa shape index (κ2) is 11.0. The van der Waals surface area contributed by atoms with Gasteiger partial charge in [-0.05, 0) is 12.1 Å². The monoisotopic (exact) mass is 330 g/mol. The van der Waals surface area contributed by atoms with Gasteiger partial charge in [0.25, 0.3) is 0 Å². The lowest BCUT2D eigenvalue weighted by atomic mass is 10.3. The molecule has 0 radical (unpaired) electrons. The fraction of sp³-hybridized carbons (Fsp3) is 0.250. The van der Waals surface area contributed by atoms with Crippen LogP contribution in [0.25, 0.3) is 0 Å². The first-order valence-electron chi connectivity index (χ1n) is 6.99. The Kier molecular flexibility index (Phi) is 8.34. The van der Waals surface area contributed by atoms with Gasteiger partial charge in [0.2, 0.25) is 0 Å². The largest absolute Gasteiger partial charge is 0.292 e. The van der Waals surface area contributed by atoms with E-state index >= 15 is 0 Å². The average Bonchev–Trinajstić information content (AvgIpc) is 2.58. The third-order valence-corrected chi connectivity index (χ3v) is 4.91. The molecule has 0 N–H and O–H groups in total. The zero-order chi connectivity index (χ0) is 15.3. The molecule has 0 spiro atoms. The van der Waals surface area contributed by atoms with E-state index in [9.17, 15) is 0 Å². The third-order valence-electron chi connectivity index (χ3n) is 2.54. The lowest BCUT2D eigenvalue weighted by Gasteiger charge is -1.97. The molecule has 0 atom stereocenters. The number of hydrogen-bond acceptors (Lipinski definition) is 6. The number of nitrogens with zero attached hydrogens (tertiary/aromatic N) is 4. The van der Waals surface area contributed by atoms with Crippen LogP contribution in [0.4, 0.5) is 0 Å². The van der Waals surface area contributed by atoms with Crippen LogP contribution in [0.2, 0.25) is 0 Å². The molecule has 2 rings (SSSR count). The summed E-state index contributed by atoms with van der Waals surface area (Å²) in [5.74, 6) is 2.02. The van der Waals surface area contributed by atoms with Crippen molar-refractivity contribution in [3.63, 3.8) is 0 Å². The second-order valence-corrected chi connectivity index (χ2v) is 6.99. The summed E-state index contributed by atoms with van der Waals surface area (Å²) >= 11 is 0. The smallest absolute Gasteiger partial charge is 0.0488 e. The van der Waals surface area contributed by atoms with Crippen molar-refractivity contribution in [1.29, 1.82) is 0 Å². The van der Waals surface area contributed by atoms with E-state index in [-0.39, 0.29) is 0 Å². The van der Waals surface area contributed by atoms with E-state index in [1.165, 1.54) is 0 Å². The van der Waals surface area contributed by atoms with E-state index in [2.05, 4.69) is 20.0 Å². The Hall–Kier alpha value is -1.66. The minimum Gasteiger partial charge on any atom is -0.292 e. The zero-order valence-electron chi connectivity index (χ0n) is 12.2. The Morgan fingerprint density at radius 2 is 1.32 bits per heavy atom. The summed E-state index contributed by atoms with van der Waals surface area (Å²) in [5.41, 5.74) is 2.09. The molecule has 4 nitrogen and oxygen atoms in total. The Bertz CT molecular complexity index is 520. The average molecular weight is 330 g/mol. The minimum atomic E-state index is 0.825. The van der Waals surface area contributed by atoms with Crippen LogP contribution in [0.15, 0.2) is 59.0 Å². The summed E-state index contributed by atoms with van der Waals surface area (Å²) in [6.07, 6.45) is 10.9. The van der Waals surface area contributed by atoms with E-state index in [1.54, 1.807) is 12.4 Å². The van der Waals surface area contributed by atoms with Gasteiger partial charge in [0.05, 0.1) is 0 Å². The molecule has 0 unspecified atom stereocenters. The van der Waals surface area contributed by atoms with Crippen molar-refractivity contribution < 1.29 is 0 Å². The van der Waals surface area contributed by atoms with Crippen LogP contribution >= 0.6 is 21.6 Å². The molecule has 0 bridgehead atoms. The van der Waals surface area contributed by atoms with E-state index in [0.29, 0.717) is 0 Å². The maximum Gasteiger partial charge on any atom is 0.0488 e. The van der Waals surface area contributed by atoms with Gasteiger partial charge in [0.15, 0.2) is 0 Å². The van der Waals surface area contributed by atoms with Gasteiger partial charge in [-0.15, -0.1) is 0 Å². The second-order valence-electron chi connectivity index (χ2n) is 4.29. The van der Waals surface area contributed by atoms with E-state index in [0.717, 1.165) is 35.7 Å². The number of hydrogen-bond donors (Lipinski definition) is 0. The highest BCUT2D eigenvalue weighted by Crippen LogP contribution is 2.20. The summed E-state index contributed by atoms with van der Waals surface area (Å²) in [4.78, 5) is 16.9. The van der Waals surface area contributed by atoms with Crippen molar-refractivity contribution in [1.82, 2.24) is 9.97 Å². The molecule has 2 aromatic heterocycles. The Morgan fingerprint density at radius 1 is 0.818 bits per heavy atom. The van der Waals surface area contributed by atoms with Gasteiger partial charge in [-0.25, -0.2) is 0 Å². The first-order valence-corrected chi connectivity index (χ1v) is 9.48. The predicted octanol–water partition coefficient (Wildman–Crippen LogP) is 3.40. The van der Waals surface area contributed by atoms with Crippen LogP contribution in [0.5, 0.6) is 0 Å². The molecule has 0 aliphatic heterocycles. The van der Waals surface area contributed by atoms with Crippen molar-refractivity contribution in [2.75, 3.05) is 24.6 Å². The van der Waals surface area contributed by atoms with Gasteiger partial charge in [-0.3, -0.25) is 20.0 Å². The Labute approximate surface area is 139 Å². The van der Waals surface area contributed by atoms with E-state index in [4.69, 9.17) is 0 Å². The van der Waals surface area contributed by atoms with Gasteiger partial charge in [-0.1, -0.05) is 33.7 Å². The van der Waals surface area contributed by atoms with Gasteiger partial charge in [0.1, 0.15) is 0 Å². The summed E-state index contributed by atoms with van der Waals surface area (Å²) in [5, 5.41) is 0. The summed E-state index contributed by atoms with van der Waals surface area (Å²) < 4.78 is 0.